The highest BCUT2D eigenvalue weighted by atomic mass is 35.5. The van der Waals surface area contributed by atoms with E-state index in [0.717, 1.165) is 17.7 Å². The minimum absolute atomic E-state index is 0.825. The summed E-state index contributed by atoms with van der Waals surface area (Å²) in [7, 11) is 0. The molecule has 1 saturated heterocycles. The van der Waals surface area contributed by atoms with Gasteiger partial charge in [0.05, 0.1) is 0 Å². The smallest absolute Gasteiger partial charge is 0.0235 e. The van der Waals surface area contributed by atoms with E-state index in [-0.39, 0.29) is 0 Å². The lowest BCUT2D eigenvalue weighted by Crippen LogP contribution is -2.23. The van der Waals surface area contributed by atoms with Crippen molar-refractivity contribution in [1.82, 2.24) is 4.90 Å². The first kappa shape index (κ1) is 6.93. The van der Waals surface area contributed by atoms with Gasteiger partial charge in [-0.2, -0.15) is 0 Å². The Hall–Kier alpha value is 0.250. The summed E-state index contributed by atoms with van der Waals surface area (Å²) >= 11 is 5.60. The summed E-state index contributed by atoms with van der Waals surface area (Å²) in [6, 6.07) is 0. The third-order valence-corrected chi connectivity index (χ3v) is 2.93. The summed E-state index contributed by atoms with van der Waals surface area (Å²) in [5, 5.41) is 0. The Kier molecular flexibility index (Phi) is 1.88. The Morgan fingerprint density at radius 3 is 2.60 bits per heavy atom. The summed E-state index contributed by atoms with van der Waals surface area (Å²) in [4.78, 5) is 2.56. The Morgan fingerprint density at radius 2 is 2.00 bits per heavy atom. The lowest BCUT2D eigenvalue weighted by atomic mass is 10.4. The molecule has 2 atom stereocenters. The summed E-state index contributed by atoms with van der Waals surface area (Å²) in [5.74, 6) is 2.98. The van der Waals surface area contributed by atoms with Crippen LogP contribution in [0.1, 0.15) is 12.8 Å². The summed E-state index contributed by atoms with van der Waals surface area (Å²) in [5.41, 5.74) is 0. The molecule has 1 saturated carbocycles. The van der Waals surface area contributed by atoms with E-state index in [1.54, 1.807) is 0 Å². The van der Waals surface area contributed by atoms with Gasteiger partial charge in [-0.15, -0.1) is 11.6 Å². The van der Waals surface area contributed by atoms with Crippen molar-refractivity contribution in [3.63, 3.8) is 0 Å². The van der Waals surface area contributed by atoms with Gasteiger partial charge in [-0.25, -0.2) is 0 Å². The van der Waals surface area contributed by atoms with Gasteiger partial charge in [-0.3, -0.25) is 0 Å². The molecule has 1 aliphatic carbocycles. The standard InChI is InChI=1S/C8H14ClN/c9-2-1-3-10-5-7-4-8(7)6-10/h7-8H,1-6H2. The molecule has 0 N–H and O–H groups in total. The maximum Gasteiger partial charge on any atom is 0.0235 e. The van der Waals surface area contributed by atoms with Crippen LogP contribution in [0.15, 0.2) is 0 Å². The van der Waals surface area contributed by atoms with Crippen LogP contribution in [0.4, 0.5) is 0 Å². The molecular weight excluding hydrogens is 146 g/mol. The van der Waals surface area contributed by atoms with E-state index in [1.807, 2.05) is 0 Å². The van der Waals surface area contributed by atoms with E-state index >= 15 is 0 Å². The van der Waals surface area contributed by atoms with Crippen LogP contribution in [0.25, 0.3) is 0 Å². The SMILES string of the molecule is ClCCCN1CC2CC2C1. The first-order chi connectivity index (χ1) is 4.90. The molecule has 2 heteroatoms. The molecule has 0 amide bonds. The van der Waals surface area contributed by atoms with Crippen molar-refractivity contribution in [3.8, 4) is 0 Å². The van der Waals surface area contributed by atoms with Gasteiger partial charge >= 0.3 is 0 Å². The fourth-order valence-electron chi connectivity index (χ4n) is 1.96. The van der Waals surface area contributed by atoms with Crippen LogP contribution < -0.4 is 0 Å². The number of rotatable bonds is 3. The molecule has 2 unspecified atom stereocenters. The maximum absolute atomic E-state index is 5.60. The third kappa shape index (κ3) is 1.30. The molecule has 0 bridgehead atoms. The fourth-order valence-corrected chi connectivity index (χ4v) is 2.08. The third-order valence-electron chi connectivity index (χ3n) is 2.66. The van der Waals surface area contributed by atoms with Crippen LogP contribution in [0.2, 0.25) is 0 Å². The van der Waals surface area contributed by atoms with Crippen molar-refractivity contribution in [1.29, 1.82) is 0 Å². The average Bonchev–Trinajstić information content (AvgIpc) is 2.56. The van der Waals surface area contributed by atoms with Crippen molar-refractivity contribution < 1.29 is 0 Å². The lowest BCUT2D eigenvalue weighted by molar-refractivity contribution is 0.306. The van der Waals surface area contributed by atoms with E-state index in [2.05, 4.69) is 4.90 Å². The molecule has 0 aromatic heterocycles. The number of hydrogen-bond acceptors (Lipinski definition) is 1. The molecule has 0 spiro atoms. The van der Waals surface area contributed by atoms with Crippen molar-refractivity contribution in [2.75, 3.05) is 25.5 Å². The van der Waals surface area contributed by atoms with Crippen molar-refractivity contribution in [2.24, 2.45) is 11.8 Å². The number of likely N-dealkylation sites (tertiary alicyclic amines) is 1. The molecule has 1 nitrogen and oxygen atoms in total. The minimum Gasteiger partial charge on any atom is -0.303 e. The topological polar surface area (TPSA) is 3.24 Å². The van der Waals surface area contributed by atoms with Crippen LogP contribution in [-0.4, -0.2) is 30.4 Å². The van der Waals surface area contributed by atoms with Gasteiger partial charge in [0.2, 0.25) is 0 Å². The van der Waals surface area contributed by atoms with Crippen LogP contribution in [-0.2, 0) is 0 Å². The van der Waals surface area contributed by atoms with Gasteiger partial charge in [-0.05, 0) is 31.2 Å². The zero-order valence-electron chi connectivity index (χ0n) is 6.22. The molecule has 0 radical (unpaired) electrons. The molecule has 0 aromatic rings. The van der Waals surface area contributed by atoms with Crippen molar-refractivity contribution >= 4 is 11.6 Å². The van der Waals surface area contributed by atoms with Gasteiger partial charge < -0.3 is 4.90 Å². The second kappa shape index (κ2) is 2.71. The molecule has 2 fully saturated rings. The lowest BCUT2D eigenvalue weighted by Gasteiger charge is -2.15. The Bertz CT molecular complexity index is 116. The normalized spacial score (nSPS) is 38.1. The van der Waals surface area contributed by atoms with E-state index in [1.165, 1.54) is 32.5 Å². The Labute approximate surface area is 67.3 Å². The van der Waals surface area contributed by atoms with Crippen molar-refractivity contribution in [2.45, 2.75) is 12.8 Å². The number of halogens is 1. The van der Waals surface area contributed by atoms with Crippen LogP contribution in [0.3, 0.4) is 0 Å². The molecule has 2 rings (SSSR count). The minimum atomic E-state index is 0.825. The van der Waals surface area contributed by atoms with Crippen LogP contribution >= 0.6 is 11.6 Å². The van der Waals surface area contributed by atoms with Gasteiger partial charge in [0, 0.05) is 19.0 Å². The van der Waals surface area contributed by atoms with Gasteiger partial charge in [-0.1, -0.05) is 0 Å². The first-order valence-corrected chi connectivity index (χ1v) is 4.72. The number of nitrogens with zero attached hydrogens (tertiary/aromatic N) is 1. The zero-order chi connectivity index (χ0) is 6.97. The molecule has 58 valence electrons. The summed E-state index contributed by atoms with van der Waals surface area (Å²) < 4.78 is 0. The largest absolute Gasteiger partial charge is 0.303 e. The second-order valence-electron chi connectivity index (χ2n) is 3.56. The van der Waals surface area contributed by atoms with Crippen molar-refractivity contribution in [3.05, 3.63) is 0 Å². The number of hydrogen-bond donors (Lipinski definition) is 0. The van der Waals surface area contributed by atoms with Gasteiger partial charge in [0.15, 0.2) is 0 Å². The number of fused-ring (bicyclic) bond motifs is 1. The molecule has 1 aliphatic heterocycles. The fraction of sp³-hybridized carbons (Fsp3) is 1.00. The first-order valence-electron chi connectivity index (χ1n) is 4.18. The molecule has 10 heavy (non-hydrogen) atoms. The average molecular weight is 160 g/mol. The quantitative estimate of drug-likeness (QED) is 0.566. The maximum atomic E-state index is 5.60. The molecule has 2 aliphatic rings. The highest BCUT2D eigenvalue weighted by molar-refractivity contribution is 6.17. The predicted molar refractivity (Wildman–Crippen MR) is 43.4 cm³/mol. The Morgan fingerprint density at radius 1 is 1.30 bits per heavy atom. The van der Waals surface area contributed by atoms with E-state index < -0.39 is 0 Å². The predicted octanol–water partition coefficient (Wildman–Crippen LogP) is 1.57. The van der Waals surface area contributed by atoms with Crippen LogP contribution in [0.5, 0.6) is 0 Å². The van der Waals surface area contributed by atoms with E-state index in [0.29, 0.717) is 0 Å². The molecule has 0 aromatic carbocycles. The van der Waals surface area contributed by atoms with E-state index in [4.69, 9.17) is 11.6 Å². The summed E-state index contributed by atoms with van der Waals surface area (Å²) in [6.07, 6.45) is 2.68. The Balaban J connectivity index is 1.66. The van der Waals surface area contributed by atoms with E-state index in [9.17, 15) is 0 Å². The highest BCUT2D eigenvalue weighted by Gasteiger charge is 2.44. The van der Waals surface area contributed by atoms with Gasteiger partial charge in [0.25, 0.3) is 0 Å². The molecular formula is C8H14ClN. The number of alkyl halides is 1. The number of piperidine rings is 1. The summed E-state index contributed by atoms with van der Waals surface area (Å²) in [6.45, 7) is 3.96. The van der Waals surface area contributed by atoms with Crippen LogP contribution in [0, 0.1) is 11.8 Å². The highest BCUT2D eigenvalue weighted by Crippen LogP contribution is 2.44. The van der Waals surface area contributed by atoms with Gasteiger partial charge in [0.1, 0.15) is 0 Å². The molecule has 1 heterocycles. The zero-order valence-corrected chi connectivity index (χ0v) is 6.98. The monoisotopic (exact) mass is 159 g/mol. The second-order valence-corrected chi connectivity index (χ2v) is 3.94.